The van der Waals surface area contributed by atoms with Crippen molar-refractivity contribution in [3.8, 4) is 0 Å². The highest BCUT2D eigenvalue weighted by atomic mass is 19.4. The second-order valence-electron chi connectivity index (χ2n) is 1.91. The molecule has 0 unspecified atom stereocenters. The summed E-state index contributed by atoms with van der Waals surface area (Å²) in [7, 11) is 0. The number of allylic oxidation sites excluding steroid dienone is 2. The van der Waals surface area contributed by atoms with Crippen LogP contribution in [0.15, 0.2) is 11.8 Å². The molecule has 0 amide bonds. The summed E-state index contributed by atoms with van der Waals surface area (Å²) in [5.74, 6) is -2.22. The Morgan fingerprint density at radius 1 is 1.08 bits per heavy atom. The van der Waals surface area contributed by atoms with Gasteiger partial charge < -0.3 is 5.11 Å². The third-order valence-corrected chi connectivity index (χ3v) is 0.817. The molecule has 0 rings (SSSR count). The summed E-state index contributed by atoms with van der Waals surface area (Å²) in [4.78, 5) is 0. The van der Waals surface area contributed by atoms with Crippen LogP contribution in [0.1, 0.15) is 6.42 Å². The predicted molar refractivity (Wildman–Crippen MR) is 27.4 cm³/mol. The number of hydrogen-bond acceptors (Lipinski definition) is 1. The highest BCUT2D eigenvalue weighted by Gasteiger charge is 2.35. The molecule has 0 radical (unpaired) electrons. The molecule has 0 aliphatic carbocycles. The van der Waals surface area contributed by atoms with Gasteiger partial charge in [-0.15, -0.1) is 0 Å². The van der Waals surface area contributed by atoms with Gasteiger partial charge in [0.1, 0.15) is 0 Å². The first-order valence-electron chi connectivity index (χ1n) is 2.66. The van der Waals surface area contributed by atoms with Gasteiger partial charge in [0.2, 0.25) is 0 Å². The fraction of sp³-hybridized carbons (Fsp3) is 0.600. The maximum absolute atomic E-state index is 11.3. The van der Waals surface area contributed by atoms with Crippen LogP contribution in [0, 0.1) is 0 Å². The van der Waals surface area contributed by atoms with Crippen molar-refractivity contribution in [2.75, 3.05) is 0 Å². The van der Waals surface area contributed by atoms with Gasteiger partial charge in [0.05, 0.1) is 6.42 Å². The molecule has 0 fully saturated rings. The van der Waals surface area contributed by atoms with Crippen molar-refractivity contribution in [3.05, 3.63) is 11.8 Å². The van der Waals surface area contributed by atoms with Gasteiger partial charge in [-0.3, -0.25) is 0 Å². The molecule has 1 nitrogen and oxygen atoms in total. The van der Waals surface area contributed by atoms with E-state index in [0.29, 0.717) is 0 Å². The number of alkyl halides is 6. The largest absolute Gasteiger partial charge is 0.504 e. The Hall–Kier alpha value is -0.880. The average molecular weight is 194 g/mol. The molecule has 0 bridgehead atoms. The van der Waals surface area contributed by atoms with E-state index in [4.69, 9.17) is 5.11 Å². The minimum Gasteiger partial charge on any atom is -0.504 e. The van der Waals surface area contributed by atoms with Crippen molar-refractivity contribution >= 4 is 0 Å². The highest BCUT2D eigenvalue weighted by molar-refractivity contribution is 4.98. The second kappa shape index (κ2) is 3.24. The molecule has 72 valence electrons. The summed E-state index contributed by atoms with van der Waals surface area (Å²) in [5.41, 5.74) is 0. The van der Waals surface area contributed by atoms with E-state index in [0.717, 1.165) is 0 Å². The molecular weight excluding hydrogens is 190 g/mol. The standard InChI is InChI=1S/C5H4F6O/c6-4(7,8)2-1-3(12)5(9,10)11/h1,12H,2H2. The zero-order valence-corrected chi connectivity index (χ0v) is 5.50. The van der Waals surface area contributed by atoms with Crippen LogP contribution in [-0.2, 0) is 0 Å². The van der Waals surface area contributed by atoms with E-state index in [2.05, 4.69) is 0 Å². The molecule has 0 heterocycles. The van der Waals surface area contributed by atoms with Crippen LogP contribution in [0.3, 0.4) is 0 Å². The molecule has 0 spiro atoms. The first-order chi connectivity index (χ1) is 5.13. The molecular formula is C5H4F6O. The third kappa shape index (κ3) is 4.86. The number of hydrogen-bond donors (Lipinski definition) is 1. The summed E-state index contributed by atoms with van der Waals surface area (Å²) >= 11 is 0. The van der Waals surface area contributed by atoms with Gasteiger partial charge in [-0.1, -0.05) is 0 Å². The maximum atomic E-state index is 11.3. The Bertz CT molecular complexity index is 175. The van der Waals surface area contributed by atoms with Gasteiger partial charge in [-0.05, 0) is 6.08 Å². The summed E-state index contributed by atoms with van der Waals surface area (Å²) in [6, 6.07) is 0. The molecule has 0 aromatic rings. The molecule has 12 heavy (non-hydrogen) atoms. The van der Waals surface area contributed by atoms with Gasteiger partial charge in [-0.2, -0.15) is 26.3 Å². The topological polar surface area (TPSA) is 20.2 Å². The van der Waals surface area contributed by atoms with Gasteiger partial charge >= 0.3 is 12.4 Å². The smallest absolute Gasteiger partial charge is 0.448 e. The summed E-state index contributed by atoms with van der Waals surface area (Å²) < 4.78 is 67.9. The van der Waals surface area contributed by atoms with Crippen LogP contribution < -0.4 is 0 Å². The van der Waals surface area contributed by atoms with Crippen LogP contribution >= 0.6 is 0 Å². The minimum atomic E-state index is -5.11. The van der Waals surface area contributed by atoms with Crippen LogP contribution in [0.25, 0.3) is 0 Å². The molecule has 0 saturated heterocycles. The molecule has 7 heteroatoms. The van der Waals surface area contributed by atoms with Crippen molar-refractivity contribution in [1.29, 1.82) is 0 Å². The molecule has 1 N–H and O–H groups in total. The predicted octanol–water partition coefficient (Wildman–Crippen LogP) is 2.94. The van der Waals surface area contributed by atoms with Gasteiger partial charge in [0, 0.05) is 0 Å². The molecule has 0 saturated carbocycles. The Morgan fingerprint density at radius 2 is 1.50 bits per heavy atom. The van der Waals surface area contributed by atoms with Crippen molar-refractivity contribution < 1.29 is 31.4 Å². The van der Waals surface area contributed by atoms with E-state index in [1.807, 2.05) is 0 Å². The first kappa shape index (κ1) is 11.1. The van der Waals surface area contributed by atoms with E-state index in [9.17, 15) is 26.3 Å². The van der Waals surface area contributed by atoms with E-state index >= 15 is 0 Å². The first-order valence-corrected chi connectivity index (χ1v) is 2.66. The average Bonchev–Trinajstić information content (AvgIpc) is 1.78. The number of rotatable bonds is 1. The lowest BCUT2D eigenvalue weighted by atomic mass is 10.3. The number of halogens is 6. The van der Waals surface area contributed by atoms with E-state index < -0.39 is 24.5 Å². The number of aliphatic hydroxyl groups excluding tert-OH is 1. The van der Waals surface area contributed by atoms with Crippen molar-refractivity contribution in [3.63, 3.8) is 0 Å². The third-order valence-electron chi connectivity index (χ3n) is 0.817. The van der Waals surface area contributed by atoms with Gasteiger partial charge in [0.25, 0.3) is 0 Å². The van der Waals surface area contributed by atoms with Crippen molar-refractivity contribution in [2.45, 2.75) is 18.8 Å². The Labute approximate surface area is 63.3 Å². The number of aliphatic hydroxyl groups is 1. The van der Waals surface area contributed by atoms with Gasteiger partial charge in [0.15, 0.2) is 5.76 Å². The van der Waals surface area contributed by atoms with Crippen molar-refractivity contribution in [2.24, 2.45) is 0 Å². The Kier molecular flexibility index (Phi) is 3.00. The van der Waals surface area contributed by atoms with E-state index in [1.165, 1.54) is 0 Å². The zero-order valence-electron chi connectivity index (χ0n) is 5.50. The Balaban J connectivity index is 4.21. The molecule has 0 aromatic carbocycles. The lowest BCUT2D eigenvalue weighted by Gasteiger charge is -2.05. The van der Waals surface area contributed by atoms with E-state index in [-0.39, 0.29) is 6.08 Å². The maximum Gasteiger partial charge on any atom is 0.448 e. The molecule has 0 aliphatic heterocycles. The Morgan fingerprint density at radius 3 is 1.75 bits per heavy atom. The van der Waals surface area contributed by atoms with E-state index in [1.54, 1.807) is 0 Å². The fourth-order valence-corrected chi connectivity index (χ4v) is 0.328. The molecule has 0 aromatic heterocycles. The van der Waals surface area contributed by atoms with Crippen LogP contribution in [-0.4, -0.2) is 17.5 Å². The van der Waals surface area contributed by atoms with Crippen LogP contribution in [0.4, 0.5) is 26.3 Å². The summed E-state index contributed by atoms with van der Waals surface area (Å²) in [5, 5.41) is 7.99. The van der Waals surface area contributed by atoms with Crippen LogP contribution in [0.2, 0.25) is 0 Å². The molecule has 0 aliphatic rings. The fourth-order valence-electron chi connectivity index (χ4n) is 0.328. The quantitative estimate of drug-likeness (QED) is 0.502. The van der Waals surface area contributed by atoms with Gasteiger partial charge in [-0.25, -0.2) is 0 Å². The lowest BCUT2D eigenvalue weighted by Crippen LogP contribution is -2.13. The highest BCUT2D eigenvalue weighted by Crippen LogP contribution is 2.26. The zero-order chi connectivity index (χ0) is 9.99. The summed E-state index contributed by atoms with van der Waals surface area (Å²) in [6.45, 7) is 0. The van der Waals surface area contributed by atoms with Crippen LogP contribution in [0.5, 0.6) is 0 Å². The van der Waals surface area contributed by atoms with Crippen molar-refractivity contribution in [1.82, 2.24) is 0 Å². The lowest BCUT2D eigenvalue weighted by molar-refractivity contribution is -0.132. The second-order valence-corrected chi connectivity index (χ2v) is 1.91. The molecule has 0 atom stereocenters. The normalized spacial score (nSPS) is 15.0. The summed E-state index contributed by atoms with van der Waals surface area (Å²) in [6.07, 6.45) is -12.0. The SMILES string of the molecule is OC(=CCC(F)(F)F)C(F)(F)F. The monoisotopic (exact) mass is 194 g/mol. The minimum absolute atomic E-state index is 0.319.